The van der Waals surface area contributed by atoms with E-state index in [9.17, 15) is 4.39 Å². The minimum absolute atomic E-state index is 0.307. The standard InChI is InChI=1S/C11H11BrFNO/c1-6(2)3-10-14-9-5-7(13)4-8(12)11(9)15-10/h4-6H,3H2,1-2H3. The van der Waals surface area contributed by atoms with E-state index in [4.69, 9.17) is 4.42 Å². The van der Waals surface area contributed by atoms with Gasteiger partial charge in [0.25, 0.3) is 0 Å². The Morgan fingerprint density at radius 1 is 1.47 bits per heavy atom. The van der Waals surface area contributed by atoms with Gasteiger partial charge in [0.2, 0.25) is 0 Å². The van der Waals surface area contributed by atoms with Crippen molar-refractivity contribution in [2.45, 2.75) is 20.3 Å². The van der Waals surface area contributed by atoms with Crippen LogP contribution in [0, 0.1) is 11.7 Å². The highest BCUT2D eigenvalue weighted by molar-refractivity contribution is 9.10. The van der Waals surface area contributed by atoms with E-state index in [0.717, 1.165) is 6.42 Å². The molecule has 0 atom stereocenters. The Hall–Kier alpha value is -0.900. The molecular weight excluding hydrogens is 261 g/mol. The van der Waals surface area contributed by atoms with E-state index in [1.807, 2.05) is 0 Å². The lowest BCUT2D eigenvalue weighted by atomic mass is 10.1. The first-order valence-electron chi connectivity index (χ1n) is 4.80. The third-order valence-corrected chi connectivity index (χ3v) is 2.63. The molecule has 1 aromatic carbocycles. The second-order valence-electron chi connectivity index (χ2n) is 3.94. The number of oxazole rings is 1. The van der Waals surface area contributed by atoms with Crippen molar-refractivity contribution in [2.75, 3.05) is 0 Å². The van der Waals surface area contributed by atoms with Gasteiger partial charge in [-0.2, -0.15) is 0 Å². The molecule has 0 fully saturated rings. The molecule has 15 heavy (non-hydrogen) atoms. The highest BCUT2D eigenvalue weighted by atomic mass is 79.9. The van der Waals surface area contributed by atoms with E-state index in [1.54, 1.807) is 0 Å². The van der Waals surface area contributed by atoms with Gasteiger partial charge in [-0.3, -0.25) is 0 Å². The van der Waals surface area contributed by atoms with Crippen LogP contribution in [0.1, 0.15) is 19.7 Å². The maximum absolute atomic E-state index is 13.1. The molecule has 0 saturated heterocycles. The van der Waals surface area contributed by atoms with Crippen LogP contribution in [0.15, 0.2) is 21.0 Å². The maximum atomic E-state index is 13.1. The lowest BCUT2D eigenvalue weighted by molar-refractivity contribution is 0.481. The van der Waals surface area contributed by atoms with E-state index in [-0.39, 0.29) is 5.82 Å². The maximum Gasteiger partial charge on any atom is 0.195 e. The van der Waals surface area contributed by atoms with Crippen LogP contribution in [0.4, 0.5) is 4.39 Å². The molecule has 2 nitrogen and oxygen atoms in total. The zero-order valence-corrected chi connectivity index (χ0v) is 10.1. The lowest BCUT2D eigenvalue weighted by Gasteiger charge is -1.97. The molecule has 2 rings (SSSR count). The van der Waals surface area contributed by atoms with Crippen LogP contribution in [0.5, 0.6) is 0 Å². The summed E-state index contributed by atoms with van der Waals surface area (Å²) in [6.07, 6.45) is 0.767. The van der Waals surface area contributed by atoms with Crippen molar-refractivity contribution >= 4 is 27.0 Å². The fourth-order valence-electron chi connectivity index (χ4n) is 1.44. The zero-order chi connectivity index (χ0) is 11.0. The fraction of sp³-hybridized carbons (Fsp3) is 0.364. The molecule has 4 heteroatoms. The Bertz CT molecular complexity index is 493. The molecular formula is C11H11BrFNO. The normalized spacial score (nSPS) is 11.5. The van der Waals surface area contributed by atoms with Gasteiger partial charge in [0.15, 0.2) is 11.5 Å². The largest absolute Gasteiger partial charge is 0.439 e. The first kappa shape index (κ1) is 10.6. The molecule has 0 amide bonds. The summed E-state index contributed by atoms with van der Waals surface area (Å²) in [5.41, 5.74) is 1.18. The number of fused-ring (bicyclic) bond motifs is 1. The van der Waals surface area contributed by atoms with E-state index in [0.29, 0.717) is 27.4 Å². The third kappa shape index (κ3) is 2.20. The first-order valence-corrected chi connectivity index (χ1v) is 5.60. The summed E-state index contributed by atoms with van der Waals surface area (Å²) < 4.78 is 19.2. The molecule has 80 valence electrons. The molecule has 1 aromatic heterocycles. The fourth-order valence-corrected chi connectivity index (χ4v) is 1.95. The van der Waals surface area contributed by atoms with Gasteiger partial charge >= 0.3 is 0 Å². The van der Waals surface area contributed by atoms with Gasteiger partial charge in [0, 0.05) is 12.5 Å². The summed E-state index contributed by atoms with van der Waals surface area (Å²) in [5.74, 6) is 0.826. The number of halogens is 2. The van der Waals surface area contributed by atoms with E-state index in [1.165, 1.54) is 12.1 Å². The van der Waals surface area contributed by atoms with Crippen molar-refractivity contribution in [3.8, 4) is 0 Å². The Balaban J connectivity index is 2.50. The summed E-state index contributed by atoms with van der Waals surface area (Å²) in [6, 6.07) is 2.76. The lowest BCUT2D eigenvalue weighted by Crippen LogP contribution is -1.93. The second kappa shape index (κ2) is 3.93. The van der Waals surface area contributed by atoms with E-state index < -0.39 is 0 Å². The number of hydrogen-bond acceptors (Lipinski definition) is 2. The van der Waals surface area contributed by atoms with Crippen molar-refractivity contribution in [1.82, 2.24) is 4.98 Å². The summed E-state index contributed by atoms with van der Waals surface area (Å²) >= 11 is 3.25. The number of aromatic nitrogens is 1. The van der Waals surface area contributed by atoms with Crippen molar-refractivity contribution in [2.24, 2.45) is 5.92 Å². The van der Waals surface area contributed by atoms with E-state index >= 15 is 0 Å². The van der Waals surface area contributed by atoms with Gasteiger partial charge < -0.3 is 4.42 Å². The Morgan fingerprint density at radius 2 is 2.20 bits per heavy atom. The molecule has 0 aliphatic carbocycles. The minimum atomic E-state index is -0.307. The van der Waals surface area contributed by atoms with E-state index in [2.05, 4.69) is 34.8 Å². The van der Waals surface area contributed by atoms with Crippen LogP contribution in [0.2, 0.25) is 0 Å². The number of rotatable bonds is 2. The molecule has 2 aromatic rings. The SMILES string of the molecule is CC(C)Cc1nc2cc(F)cc(Br)c2o1. The molecule has 0 N–H and O–H groups in total. The number of nitrogens with zero attached hydrogens (tertiary/aromatic N) is 1. The molecule has 0 spiro atoms. The Kier molecular flexibility index (Phi) is 2.78. The zero-order valence-electron chi connectivity index (χ0n) is 8.55. The Morgan fingerprint density at radius 3 is 2.87 bits per heavy atom. The second-order valence-corrected chi connectivity index (χ2v) is 4.80. The van der Waals surface area contributed by atoms with Crippen LogP contribution in [0.25, 0.3) is 11.1 Å². The molecule has 0 saturated carbocycles. The van der Waals surface area contributed by atoms with Crippen molar-refractivity contribution in [3.63, 3.8) is 0 Å². The van der Waals surface area contributed by atoms with Crippen molar-refractivity contribution < 1.29 is 8.81 Å². The predicted molar refractivity (Wildman–Crippen MR) is 60.2 cm³/mol. The van der Waals surface area contributed by atoms with Crippen LogP contribution in [0.3, 0.4) is 0 Å². The third-order valence-electron chi connectivity index (χ3n) is 2.04. The molecule has 0 radical (unpaired) electrons. The van der Waals surface area contributed by atoms with Gasteiger partial charge in [-0.05, 0) is 27.9 Å². The Labute approximate surface area is 95.6 Å². The van der Waals surface area contributed by atoms with Crippen LogP contribution in [-0.4, -0.2) is 4.98 Å². The summed E-state index contributed by atoms with van der Waals surface area (Å²) in [4.78, 5) is 4.24. The molecule has 0 aliphatic heterocycles. The summed E-state index contributed by atoms with van der Waals surface area (Å²) in [5, 5.41) is 0. The highest BCUT2D eigenvalue weighted by Crippen LogP contribution is 2.26. The summed E-state index contributed by atoms with van der Waals surface area (Å²) in [7, 11) is 0. The molecule has 0 bridgehead atoms. The van der Waals surface area contributed by atoms with Crippen LogP contribution < -0.4 is 0 Å². The average molecular weight is 272 g/mol. The molecule has 0 unspecified atom stereocenters. The predicted octanol–water partition coefficient (Wildman–Crippen LogP) is 3.93. The van der Waals surface area contributed by atoms with Crippen molar-refractivity contribution in [3.05, 3.63) is 28.3 Å². The number of hydrogen-bond donors (Lipinski definition) is 0. The minimum Gasteiger partial charge on any atom is -0.439 e. The van der Waals surface area contributed by atoms with Gasteiger partial charge in [0.05, 0.1) is 4.47 Å². The highest BCUT2D eigenvalue weighted by Gasteiger charge is 2.11. The summed E-state index contributed by atoms with van der Waals surface area (Å²) in [6.45, 7) is 4.18. The van der Waals surface area contributed by atoms with Gasteiger partial charge in [-0.15, -0.1) is 0 Å². The average Bonchev–Trinajstić information content (AvgIpc) is 2.45. The van der Waals surface area contributed by atoms with Crippen LogP contribution >= 0.6 is 15.9 Å². The number of benzene rings is 1. The first-order chi connectivity index (χ1) is 7.06. The topological polar surface area (TPSA) is 26.0 Å². The van der Waals surface area contributed by atoms with Crippen molar-refractivity contribution in [1.29, 1.82) is 0 Å². The van der Waals surface area contributed by atoms with Crippen LogP contribution in [-0.2, 0) is 6.42 Å². The quantitative estimate of drug-likeness (QED) is 0.827. The monoisotopic (exact) mass is 271 g/mol. The molecule has 0 aliphatic rings. The van der Waals surface area contributed by atoms with Gasteiger partial charge in [-0.1, -0.05) is 13.8 Å². The van der Waals surface area contributed by atoms with Gasteiger partial charge in [0.1, 0.15) is 11.3 Å². The smallest absolute Gasteiger partial charge is 0.195 e. The van der Waals surface area contributed by atoms with Gasteiger partial charge in [-0.25, -0.2) is 9.37 Å². The molecule has 1 heterocycles.